The van der Waals surface area contributed by atoms with Crippen molar-refractivity contribution < 1.29 is 43.0 Å². The number of ether oxygens (including phenoxy) is 4. The van der Waals surface area contributed by atoms with Gasteiger partial charge in [0.2, 0.25) is 6.79 Å². The second kappa shape index (κ2) is 14.0. The molecule has 2 atom stereocenters. The number of nitrogens with zero attached hydrogens (tertiary/aromatic N) is 3. The molecule has 0 unspecified atom stereocenters. The monoisotopic (exact) mass is 571 g/mol. The zero-order valence-corrected chi connectivity index (χ0v) is 22.7. The molecular weight excluding hydrogens is 542 g/mol. The predicted octanol–water partition coefficient (Wildman–Crippen LogP) is 1.22. The van der Waals surface area contributed by atoms with Crippen LogP contribution in [0, 0.1) is 0 Å². The van der Waals surface area contributed by atoms with Crippen LogP contribution in [-0.4, -0.2) is 90.9 Å². The lowest BCUT2D eigenvalue weighted by atomic mass is 10.0. The molecule has 1 aromatic heterocycles. The van der Waals surface area contributed by atoms with E-state index in [1.807, 2.05) is 6.92 Å². The molecule has 208 valence electrons. The summed E-state index contributed by atoms with van der Waals surface area (Å²) in [4.78, 5) is 60.5. The highest BCUT2D eigenvalue weighted by atomic mass is 32.2. The molecule has 2 aliphatic rings. The summed E-state index contributed by atoms with van der Waals surface area (Å²) in [7, 11) is 2.72. The fraction of sp³-hybridized carbons (Fsp3) is 0.545. The minimum atomic E-state index is -0.963. The Kier molecular flexibility index (Phi) is 10.7. The Hall–Kier alpha value is -3.37. The third-order valence-electron chi connectivity index (χ3n) is 5.34. The van der Waals surface area contributed by atoms with Gasteiger partial charge < -0.3 is 34.8 Å². The zero-order chi connectivity index (χ0) is 27.7. The summed E-state index contributed by atoms with van der Waals surface area (Å²) in [5.41, 5.74) is 6.18. The summed E-state index contributed by atoms with van der Waals surface area (Å²) in [6.07, 6.45) is 1.61. The standard InChI is InChI=1S/C22H29N5O9S2/c1-4-5-6-7-34-22(31)36-11-35-20(30)16-12(8-32-2)9-37-19-15(18(29)27(16)19)25-17(28)14(26-33-3)13-10-38-21(23)24-13/h10,15,19H,4-9,11H2,1-3H3,(H2,23,24)(H,25,28)/b26-14-/t15-,19-/m1/s1. The Balaban J connectivity index is 1.64. The first-order chi connectivity index (χ1) is 18.3. The fourth-order valence-electron chi connectivity index (χ4n) is 3.61. The van der Waals surface area contributed by atoms with Crippen molar-refractivity contribution in [1.29, 1.82) is 0 Å². The van der Waals surface area contributed by atoms with E-state index in [0.717, 1.165) is 24.2 Å². The number of thioether (sulfide) groups is 1. The van der Waals surface area contributed by atoms with Gasteiger partial charge in [-0.1, -0.05) is 24.9 Å². The number of nitrogens with one attached hydrogen (secondary N) is 1. The van der Waals surface area contributed by atoms with Gasteiger partial charge in [-0.2, -0.15) is 0 Å². The van der Waals surface area contributed by atoms with Gasteiger partial charge in [-0.05, 0) is 12.0 Å². The number of oxime groups is 1. The summed E-state index contributed by atoms with van der Waals surface area (Å²) >= 11 is 2.46. The molecule has 1 fully saturated rings. The number of anilines is 1. The number of rotatable bonds is 13. The molecule has 3 rings (SSSR count). The van der Waals surface area contributed by atoms with Crippen molar-refractivity contribution in [3.05, 3.63) is 22.3 Å². The third kappa shape index (κ3) is 6.93. The molecule has 1 saturated heterocycles. The predicted molar refractivity (Wildman–Crippen MR) is 137 cm³/mol. The molecule has 1 aromatic rings. The van der Waals surface area contributed by atoms with E-state index < -0.39 is 42.1 Å². The number of hydrogen-bond donors (Lipinski definition) is 2. The van der Waals surface area contributed by atoms with Crippen LogP contribution >= 0.6 is 23.1 Å². The van der Waals surface area contributed by atoms with Gasteiger partial charge in [-0.25, -0.2) is 14.6 Å². The van der Waals surface area contributed by atoms with Crippen molar-refractivity contribution in [3.63, 3.8) is 0 Å². The number of nitrogen functional groups attached to an aromatic ring is 1. The van der Waals surface area contributed by atoms with Gasteiger partial charge in [0, 0.05) is 18.2 Å². The first-order valence-electron chi connectivity index (χ1n) is 11.6. The van der Waals surface area contributed by atoms with Crippen molar-refractivity contribution in [3.8, 4) is 0 Å². The molecule has 0 saturated carbocycles. The number of thiazole rings is 1. The van der Waals surface area contributed by atoms with E-state index in [2.05, 4.69) is 15.5 Å². The lowest BCUT2D eigenvalue weighted by Gasteiger charge is -2.49. The summed E-state index contributed by atoms with van der Waals surface area (Å²) in [6.45, 7) is 1.60. The number of unbranched alkanes of at least 4 members (excludes halogenated alkanes) is 2. The Bertz CT molecular complexity index is 1110. The molecule has 0 bridgehead atoms. The fourth-order valence-corrected chi connectivity index (χ4v) is 5.48. The summed E-state index contributed by atoms with van der Waals surface area (Å²) in [5, 5.41) is 7.51. The maximum absolute atomic E-state index is 13.1. The minimum Gasteiger partial charge on any atom is -0.434 e. The van der Waals surface area contributed by atoms with E-state index in [1.54, 1.807) is 0 Å². The molecule has 2 amide bonds. The van der Waals surface area contributed by atoms with Crippen LogP contribution in [0.15, 0.2) is 21.8 Å². The molecule has 0 aliphatic carbocycles. The number of hydrogen-bond acceptors (Lipinski definition) is 14. The van der Waals surface area contributed by atoms with Crippen LogP contribution in [0.1, 0.15) is 31.9 Å². The van der Waals surface area contributed by atoms with Crippen LogP contribution in [0.4, 0.5) is 9.93 Å². The van der Waals surface area contributed by atoms with Crippen molar-refractivity contribution >= 4 is 57.9 Å². The Morgan fingerprint density at radius 3 is 2.68 bits per heavy atom. The van der Waals surface area contributed by atoms with Gasteiger partial charge in [0.15, 0.2) is 10.8 Å². The summed E-state index contributed by atoms with van der Waals surface area (Å²) < 4.78 is 19.9. The smallest absolute Gasteiger partial charge is 0.434 e. The van der Waals surface area contributed by atoms with Crippen LogP contribution in [0.25, 0.3) is 0 Å². The van der Waals surface area contributed by atoms with Gasteiger partial charge in [0.25, 0.3) is 11.8 Å². The van der Waals surface area contributed by atoms with Crippen LogP contribution in [0.5, 0.6) is 0 Å². The molecule has 3 N–H and O–H groups in total. The Morgan fingerprint density at radius 2 is 2.03 bits per heavy atom. The van der Waals surface area contributed by atoms with E-state index in [4.69, 9.17) is 29.5 Å². The molecular formula is C22H29N5O9S2. The SMILES string of the molecule is CCCCCOC(=O)OCOC(=O)C1=C(COC)CS[C@@H]2[C@H](NC(=O)/C(=N\OC)c3csc(N)n3)C(=O)N12. The minimum absolute atomic E-state index is 0.0240. The molecule has 16 heteroatoms. The van der Waals surface area contributed by atoms with Crippen LogP contribution in [0.3, 0.4) is 0 Å². The summed E-state index contributed by atoms with van der Waals surface area (Å²) in [6, 6.07) is -0.952. The van der Waals surface area contributed by atoms with Gasteiger partial charge in [0.1, 0.15) is 29.9 Å². The number of amides is 2. The lowest BCUT2D eigenvalue weighted by molar-refractivity contribution is -0.157. The number of carbonyl (C=O) groups excluding carboxylic acids is 4. The van der Waals surface area contributed by atoms with E-state index in [-0.39, 0.29) is 35.4 Å². The lowest BCUT2D eigenvalue weighted by Crippen LogP contribution is -2.71. The van der Waals surface area contributed by atoms with Crippen molar-refractivity contribution in [2.45, 2.75) is 37.6 Å². The first-order valence-corrected chi connectivity index (χ1v) is 13.5. The molecule has 0 aromatic carbocycles. The first kappa shape index (κ1) is 29.2. The van der Waals surface area contributed by atoms with Crippen molar-refractivity contribution in [2.24, 2.45) is 5.16 Å². The summed E-state index contributed by atoms with van der Waals surface area (Å²) in [5.74, 6) is -1.78. The highest BCUT2D eigenvalue weighted by Gasteiger charge is 2.54. The van der Waals surface area contributed by atoms with Crippen LogP contribution < -0.4 is 11.1 Å². The number of methoxy groups -OCH3 is 1. The normalized spacial score (nSPS) is 18.9. The second-order valence-electron chi connectivity index (χ2n) is 7.94. The number of carbonyl (C=O) groups is 4. The highest BCUT2D eigenvalue weighted by Crippen LogP contribution is 2.40. The number of fused-ring (bicyclic) bond motifs is 1. The third-order valence-corrected chi connectivity index (χ3v) is 7.36. The average Bonchev–Trinajstić information content (AvgIpc) is 3.33. The van der Waals surface area contributed by atoms with Crippen LogP contribution in [-0.2, 0) is 38.2 Å². The molecule has 38 heavy (non-hydrogen) atoms. The highest BCUT2D eigenvalue weighted by molar-refractivity contribution is 8.00. The maximum Gasteiger partial charge on any atom is 0.511 e. The van der Waals surface area contributed by atoms with Gasteiger partial charge >= 0.3 is 12.1 Å². The number of aromatic nitrogens is 1. The molecule has 0 spiro atoms. The van der Waals surface area contributed by atoms with Crippen molar-refractivity contribution in [2.75, 3.05) is 45.7 Å². The van der Waals surface area contributed by atoms with Gasteiger partial charge in [-0.15, -0.1) is 23.1 Å². The van der Waals surface area contributed by atoms with E-state index in [1.165, 1.54) is 36.3 Å². The quantitative estimate of drug-likeness (QED) is 0.0864. The Labute approximate surface area is 226 Å². The topological polar surface area (TPSA) is 181 Å². The largest absolute Gasteiger partial charge is 0.511 e. The van der Waals surface area contributed by atoms with Crippen LogP contribution in [0.2, 0.25) is 0 Å². The van der Waals surface area contributed by atoms with E-state index in [9.17, 15) is 19.2 Å². The number of nitrogens with two attached hydrogens (primary N) is 1. The maximum atomic E-state index is 13.1. The number of β-lactam (4-membered cyclic amide) rings is 1. The second-order valence-corrected chi connectivity index (χ2v) is 9.93. The molecule has 2 aliphatic heterocycles. The average molecular weight is 572 g/mol. The molecule has 3 heterocycles. The zero-order valence-electron chi connectivity index (χ0n) is 21.1. The van der Waals surface area contributed by atoms with E-state index >= 15 is 0 Å². The molecule has 0 radical (unpaired) electrons. The van der Waals surface area contributed by atoms with Gasteiger partial charge in [0.05, 0.1) is 13.2 Å². The van der Waals surface area contributed by atoms with E-state index in [0.29, 0.717) is 17.7 Å². The van der Waals surface area contributed by atoms with Gasteiger partial charge in [-0.3, -0.25) is 14.5 Å². The number of esters is 1. The Morgan fingerprint density at radius 1 is 1.24 bits per heavy atom. The van der Waals surface area contributed by atoms with Crippen molar-refractivity contribution in [1.82, 2.24) is 15.2 Å². The molecule has 14 nitrogen and oxygen atoms in total.